The van der Waals surface area contributed by atoms with Crippen LogP contribution in [0.25, 0.3) is 0 Å². The highest BCUT2D eigenvalue weighted by Crippen LogP contribution is 2.31. The normalized spacial score (nSPS) is 27.6. The number of ether oxygens (including phenoxy) is 1. The molecule has 104 valence electrons. The molecular formula is C15H21FN2O. The molecule has 19 heavy (non-hydrogen) atoms. The highest BCUT2D eigenvalue weighted by molar-refractivity contribution is 5.50. The Balaban J connectivity index is 1.81. The highest BCUT2D eigenvalue weighted by Gasteiger charge is 2.34. The Morgan fingerprint density at radius 2 is 2.00 bits per heavy atom. The van der Waals surface area contributed by atoms with E-state index in [-0.39, 0.29) is 24.1 Å². The molecule has 4 heteroatoms. The number of benzene rings is 1. The van der Waals surface area contributed by atoms with Gasteiger partial charge in [-0.1, -0.05) is 6.07 Å². The average molecular weight is 264 g/mol. The number of nitrogens with one attached hydrogen (secondary N) is 1. The van der Waals surface area contributed by atoms with Crippen LogP contribution < -0.4 is 10.2 Å². The van der Waals surface area contributed by atoms with Gasteiger partial charge in [-0.2, -0.15) is 0 Å². The van der Waals surface area contributed by atoms with E-state index in [0.717, 1.165) is 31.5 Å². The second kappa shape index (κ2) is 5.10. The fraction of sp³-hybridized carbons (Fsp3) is 0.600. The third-order valence-electron chi connectivity index (χ3n) is 4.29. The zero-order chi connectivity index (χ0) is 13.4. The molecule has 1 aromatic rings. The maximum absolute atomic E-state index is 14.3. The Kier molecular flexibility index (Phi) is 3.46. The van der Waals surface area contributed by atoms with E-state index in [9.17, 15) is 4.39 Å². The monoisotopic (exact) mass is 264 g/mol. The van der Waals surface area contributed by atoms with Gasteiger partial charge in [0.15, 0.2) is 0 Å². The van der Waals surface area contributed by atoms with Gasteiger partial charge < -0.3 is 15.0 Å². The summed E-state index contributed by atoms with van der Waals surface area (Å²) in [4.78, 5) is 2.13. The zero-order valence-electron chi connectivity index (χ0n) is 11.5. The molecule has 2 heterocycles. The highest BCUT2D eigenvalue weighted by atomic mass is 19.1. The summed E-state index contributed by atoms with van der Waals surface area (Å²) in [6, 6.07) is 5.73. The molecule has 2 aliphatic rings. The van der Waals surface area contributed by atoms with Crippen LogP contribution in [0.1, 0.15) is 31.4 Å². The molecule has 2 aliphatic heterocycles. The van der Waals surface area contributed by atoms with Crippen molar-refractivity contribution in [3.05, 3.63) is 29.6 Å². The van der Waals surface area contributed by atoms with E-state index in [2.05, 4.69) is 10.2 Å². The molecule has 3 rings (SSSR count). The molecule has 0 amide bonds. The molecule has 3 unspecified atom stereocenters. The van der Waals surface area contributed by atoms with Crippen LogP contribution in [0.3, 0.4) is 0 Å². The number of nitrogens with zero attached hydrogens (tertiary/aromatic N) is 1. The molecule has 1 N–H and O–H groups in total. The van der Waals surface area contributed by atoms with Gasteiger partial charge in [0.1, 0.15) is 5.82 Å². The minimum atomic E-state index is -0.124. The molecule has 0 radical (unpaired) electrons. The van der Waals surface area contributed by atoms with E-state index in [1.165, 1.54) is 0 Å². The molecule has 0 spiro atoms. The number of hydrogen-bond acceptors (Lipinski definition) is 3. The molecular weight excluding hydrogens is 243 g/mol. The van der Waals surface area contributed by atoms with Gasteiger partial charge >= 0.3 is 0 Å². The van der Waals surface area contributed by atoms with Crippen LogP contribution in [0.2, 0.25) is 0 Å². The molecule has 0 aromatic heterocycles. The lowest BCUT2D eigenvalue weighted by molar-refractivity contribution is 0.0303. The summed E-state index contributed by atoms with van der Waals surface area (Å²) in [5, 5.41) is 3.13. The Bertz CT molecular complexity index is 453. The molecule has 0 aliphatic carbocycles. The minimum absolute atomic E-state index is 0.124. The average Bonchev–Trinajstić information content (AvgIpc) is 2.76. The molecule has 1 aromatic carbocycles. The van der Waals surface area contributed by atoms with Gasteiger partial charge in [-0.3, -0.25) is 0 Å². The van der Waals surface area contributed by atoms with Gasteiger partial charge in [0, 0.05) is 19.1 Å². The number of hydrogen-bond donors (Lipinski definition) is 1. The zero-order valence-corrected chi connectivity index (χ0v) is 11.5. The molecule has 2 bridgehead atoms. The second-order valence-corrected chi connectivity index (χ2v) is 5.58. The van der Waals surface area contributed by atoms with Gasteiger partial charge in [0.2, 0.25) is 0 Å². The third kappa shape index (κ3) is 2.47. The molecule has 3 atom stereocenters. The quantitative estimate of drug-likeness (QED) is 0.907. The smallest absolute Gasteiger partial charge is 0.146 e. The Hall–Kier alpha value is -1.13. The van der Waals surface area contributed by atoms with E-state index in [1.807, 2.05) is 26.1 Å². The van der Waals surface area contributed by atoms with Crippen LogP contribution in [0.15, 0.2) is 18.2 Å². The lowest BCUT2D eigenvalue weighted by Gasteiger charge is -2.34. The van der Waals surface area contributed by atoms with Gasteiger partial charge in [-0.25, -0.2) is 4.39 Å². The Labute approximate surface area is 113 Å². The number of fused-ring (bicyclic) bond motifs is 2. The van der Waals surface area contributed by atoms with E-state index in [4.69, 9.17) is 4.74 Å². The number of morpholine rings is 1. The molecule has 0 saturated carbocycles. The van der Waals surface area contributed by atoms with Crippen molar-refractivity contribution in [1.29, 1.82) is 0 Å². The lowest BCUT2D eigenvalue weighted by Crippen LogP contribution is -2.43. The van der Waals surface area contributed by atoms with Gasteiger partial charge in [-0.15, -0.1) is 0 Å². The maximum Gasteiger partial charge on any atom is 0.146 e. The van der Waals surface area contributed by atoms with Crippen LogP contribution in [-0.4, -0.2) is 32.3 Å². The van der Waals surface area contributed by atoms with E-state index < -0.39 is 0 Å². The second-order valence-electron chi connectivity index (χ2n) is 5.58. The fourth-order valence-corrected chi connectivity index (χ4v) is 3.03. The van der Waals surface area contributed by atoms with Crippen LogP contribution in [0.4, 0.5) is 10.1 Å². The summed E-state index contributed by atoms with van der Waals surface area (Å²) in [5.41, 5.74) is 1.70. The largest absolute Gasteiger partial charge is 0.371 e. The van der Waals surface area contributed by atoms with E-state index >= 15 is 0 Å². The molecule has 2 saturated heterocycles. The van der Waals surface area contributed by atoms with Crippen molar-refractivity contribution in [2.24, 2.45) is 0 Å². The van der Waals surface area contributed by atoms with Crippen LogP contribution in [0.5, 0.6) is 0 Å². The van der Waals surface area contributed by atoms with Crippen molar-refractivity contribution >= 4 is 5.69 Å². The van der Waals surface area contributed by atoms with E-state index in [0.29, 0.717) is 5.69 Å². The summed E-state index contributed by atoms with van der Waals surface area (Å²) in [6.07, 6.45) is 2.79. The van der Waals surface area contributed by atoms with E-state index in [1.54, 1.807) is 6.07 Å². The van der Waals surface area contributed by atoms with Crippen LogP contribution >= 0.6 is 0 Å². The third-order valence-corrected chi connectivity index (χ3v) is 4.29. The molecule has 2 fully saturated rings. The summed E-state index contributed by atoms with van der Waals surface area (Å²) >= 11 is 0. The first-order valence-corrected chi connectivity index (χ1v) is 7.04. The van der Waals surface area contributed by atoms with Crippen molar-refractivity contribution in [1.82, 2.24) is 5.32 Å². The van der Waals surface area contributed by atoms with Crippen molar-refractivity contribution in [2.75, 3.05) is 25.0 Å². The van der Waals surface area contributed by atoms with Crippen LogP contribution in [-0.2, 0) is 4.74 Å². The van der Waals surface area contributed by atoms with Crippen molar-refractivity contribution in [2.45, 2.75) is 38.0 Å². The Morgan fingerprint density at radius 1 is 1.32 bits per heavy atom. The van der Waals surface area contributed by atoms with Crippen molar-refractivity contribution in [3.8, 4) is 0 Å². The first-order chi connectivity index (χ1) is 9.17. The summed E-state index contributed by atoms with van der Waals surface area (Å²) < 4.78 is 20.1. The number of halogens is 1. The summed E-state index contributed by atoms with van der Waals surface area (Å²) in [6.45, 7) is 3.66. The van der Waals surface area contributed by atoms with Crippen LogP contribution in [0, 0.1) is 5.82 Å². The topological polar surface area (TPSA) is 24.5 Å². The van der Waals surface area contributed by atoms with Gasteiger partial charge in [0.25, 0.3) is 0 Å². The lowest BCUT2D eigenvalue weighted by atomic mass is 10.1. The van der Waals surface area contributed by atoms with Crippen molar-refractivity contribution < 1.29 is 9.13 Å². The maximum atomic E-state index is 14.3. The summed E-state index contributed by atoms with van der Waals surface area (Å²) in [5.74, 6) is -0.124. The standard InChI is InChI=1S/C15H21FN2O/c1-10(17-2)11-3-6-15(14(16)7-11)18-8-12-4-5-13(9-18)19-12/h3,6-7,10,12-13,17H,4-5,8-9H2,1-2H3. The SMILES string of the molecule is CNC(C)c1ccc(N2CC3CCC(C2)O3)c(F)c1. The van der Waals surface area contributed by atoms with Gasteiger partial charge in [-0.05, 0) is 44.5 Å². The summed E-state index contributed by atoms with van der Waals surface area (Å²) in [7, 11) is 1.89. The van der Waals surface area contributed by atoms with Crippen molar-refractivity contribution in [3.63, 3.8) is 0 Å². The predicted molar refractivity (Wildman–Crippen MR) is 74.0 cm³/mol. The minimum Gasteiger partial charge on any atom is -0.371 e. The van der Waals surface area contributed by atoms with Gasteiger partial charge in [0.05, 0.1) is 17.9 Å². The Morgan fingerprint density at radius 3 is 2.58 bits per heavy atom. The first kappa shape index (κ1) is 12.9. The number of anilines is 1. The number of rotatable bonds is 3. The molecule has 3 nitrogen and oxygen atoms in total. The predicted octanol–water partition coefficient (Wildman–Crippen LogP) is 2.47. The first-order valence-electron chi connectivity index (χ1n) is 7.04. The fourth-order valence-electron chi connectivity index (χ4n) is 3.03.